The first-order valence-electron chi connectivity index (χ1n) is 5.59. The van der Waals surface area contributed by atoms with E-state index in [1.54, 1.807) is 6.07 Å². The molecule has 0 radical (unpaired) electrons. The lowest BCUT2D eigenvalue weighted by Gasteiger charge is -2.68. The normalized spacial score (nSPS) is 33.5. The van der Waals surface area contributed by atoms with Crippen molar-refractivity contribution in [2.75, 3.05) is 7.11 Å². The van der Waals surface area contributed by atoms with Crippen LogP contribution in [0.3, 0.4) is 0 Å². The van der Waals surface area contributed by atoms with Crippen LogP contribution >= 0.6 is 0 Å². The molecule has 3 nitrogen and oxygen atoms in total. The fourth-order valence-electron chi connectivity index (χ4n) is 3.32. The van der Waals surface area contributed by atoms with Crippen LogP contribution in [0.15, 0.2) is 18.2 Å². The smallest absolute Gasteiger partial charge is 0.309 e. The molecule has 0 spiro atoms. The van der Waals surface area contributed by atoms with Crippen LogP contribution in [0.5, 0.6) is 5.75 Å². The number of aliphatic carboxylic acids is 1. The molecule has 0 unspecified atom stereocenters. The van der Waals surface area contributed by atoms with E-state index < -0.39 is 11.4 Å². The van der Waals surface area contributed by atoms with Gasteiger partial charge >= 0.3 is 5.97 Å². The number of benzene rings is 1. The molecule has 3 aliphatic carbocycles. The van der Waals surface area contributed by atoms with Crippen LogP contribution in [0.1, 0.15) is 24.8 Å². The third-order valence-electron chi connectivity index (χ3n) is 4.25. The summed E-state index contributed by atoms with van der Waals surface area (Å²) in [6.45, 7) is 0. The van der Waals surface area contributed by atoms with Crippen molar-refractivity contribution in [1.82, 2.24) is 0 Å². The number of rotatable bonds is 3. The third-order valence-corrected chi connectivity index (χ3v) is 4.25. The van der Waals surface area contributed by atoms with E-state index in [1.807, 2.05) is 6.07 Å². The quantitative estimate of drug-likeness (QED) is 0.876. The Balaban J connectivity index is 1.85. The van der Waals surface area contributed by atoms with Crippen LogP contribution in [0.25, 0.3) is 0 Å². The zero-order valence-corrected chi connectivity index (χ0v) is 9.50. The summed E-state index contributed by atoms with van der Waals surface area (Å²) >= 11 is 0. The summed E-state index contributed by atoms with van der Waals surface area (Å²) in [4.78, 5) is 11.0. The average Bonchev–Trinajstić information content (AvgIpc) is 2.13. The predicted molar refractivity (Wildman–Crippen MR) is 58.5 cm³/mol. The average molecular weight is 236 g/mol. The fraction of sp³-hybridized carbons (Fsp3) is 0.462. The van der Waals surface area contributed by atoms with Gasteiger partial charge in [0.25, 0.3) is 0 Å². The molecule has 90 valence electrons. The lowest BCUT2D eigenvalue weighted by Crippen LogP contribution is -2.67. The van der Waals surface area contributed by atoms with Crippen molar-refractivity contribution in [2.45, 2.75) is 24.7 Å². The Hall–Kier alpha value is -1.58. The van der Waals surface area contributed by atoms with Gasteiger partial charge in [-0.2, -0.15) is 0 Å². The molecule has 3 aliphatic rings. The van der Waals surface area contributed by atoms with Gasteiger partial charge in [-0.15, -0.1) is 0 Å². The van der Waals surface area contributed by atoms with Gasteiger partial charge in [0.05, 0.1) is 12.5 Å². The van der Waals surface area contributed by atoms with E-state index in [1.165, 1.54) is 13.2 Å². The van der Waals surface area contributed by atoms with Gasteiger partial charge in [-0.05, 0) is 42.4 Å². The second kappa shape index (κ2) is 3.00. The molecule has 0 saturated heterocycles. The Bertz CT molecular complexity index is 490. The van der Waals surface area contributed by atoms with Crippen LogP contribution in [0.2, 0.25) is 0 Å². The predicted octanol–water partition coefficient (Wildman–Crippen LogP) is 2.34. The molecule has 1 aromatic rings. The number of halogens is 1. The van der Waals surface area contributed by atoms with Crippen molar-refractivity contribution in [3.63, 3.8) is 0 Å². The summed E-state index contributed by atoms with van der Waals surface area (Å²) in [5.74, 6) is -0.860. The number of ether oxygens (including phenoxy) is 1. The number of carbonyl (C=O) groups is 1. The summed E-state index contributed by atoms with van der Waals surface area (Å²) in [6.07, 6.45) is 1.92. The number of methoxy groups -OCH3 is 1. The third kappa shape index (κ3) is 1.18. The van der Waals surface area contributed by atoms with Gasteiger partial charge in [-0.3, -0.25) is 4.79 Å². The second-order valence-corrected chi connectivity index (χ2v) is 5.25. The van der Waals surface area contributed by atoms with E-state index in [-0.39, 0.29) is 17.0 Å². The maximum Gasteiger partial charge on any atom is 0.309 e. The number of carboxylic acid groups (broad SMARTS) is 1. The van der Waals surface area contributed by atoms with Gasteiger partial charge in [0, 0.05) is 0 Å². The van der Waals surface area contributed by atoms with Gasteiger partial charge in [-0.25, -0.2) is 4.39 Å². The summed E-state index contributed by atoms with van der Waals surface area (Å²) < 4.78 is 18.4. The highest BCUT2D eigenvalue weighted by molar-refractivity contribution is 5.80. The van der Waals surface area contributed by atoms with Crippen LogP contribution in [0, 0.1) is 11.2 Å². The van der Waals surface area contributed by atoms with Crippen LogP contribution < -0.4 is 4.74 Å². The van der Waals surface area contributed by atoms with Crippen molar-refractivity contribution < 1.29 is 19.0 Å². The summed E-state index contributed by atoms with van der Waals surface area (Å²) in [7, 11) is 1.43. The molecular weight excluding hydrogens is 223 g/mol. The molecule has 4 heteroatoms. The van der Waals surface area contributed by atoms with E-state index in [0.29, 0.717) is 19.3 Å². The number of hydrogen-bond donors (Lipinski definition) is 1. The maximum absolute atomic E-state index is 13.6. The zero-order valence-electron chi connectivity index (χ0n) is 9.50. The monoisotopic (exact) mass is 236 g/mol. The van der Waals surface area contributed by atoms with E-state index in [4.69, 9.17) is 9.84 Å². The van der Waals surface area contributed by atoms with Gasteiger partial charge in [0.15, 0.2) is 11.6 Å². The van der Waals surface area contributed by atoms with E-state index in [2.05, 4.69) is 0 Å². The van der Waals surface area contributed by atoms with E-state index in [0.717, 1.165) is 5.56 Å². The molecular formula is C13H13FO3. The largest absolute Gasteiger partial charge is 0.494 e. The second-order valence-electron chi connectivity index (χ2n) is 5.25. The van der Waals surface area contributed by atoms with Crippen LogP contribution in [-0.2, 0) is 10.2 Å². The molecule has 0 amide bonds. The highest BCUT2D eigenvalue weighted by Crippen LogP contribution is 2.73. The lowest BCUT2D eigenvalue weighted by molar-refractivity contribution is -0.194. The Morgan fingerprint density at radius 2 is 2.06 bits per heavy atom. The van der Waals surface area contributed by atoms with E-state index >= 15 is 0 Å². The van der Waals surface area contributed by atoms with E-state index in [9.17, 15) is 9.18 Å². The molecule has 3 fully saturated rings. The fourth-order valence-corrected chi connectivity index (χ4v) is 3.32. The molecule has 1 aromatic carbocycles. The Morgan fingerprint density at radius 1 is 1.41 bits per heavy atom. The highest BCUT2D eigenvalue weighted by Gasteiger charge is 2.72. The molecule has 2 bridgehead atoms. The summed E-state index contributed by atoms with van der Waals surface area (Å²) in [5.41, 5.74) is 0.293. The minimum Gasteiger partial charge on any atom is -0.494 e. The zero-order chi connectivity index (χ0) is 12.3. The molecule has 17 heavy (non-hydrogen) atoms. The molecule has 4 rings (SSSR count). The SMILES string of the molecule is COc1ccc(C23CC(C(=O)O)(C2)C3)cc1F. The molecule has 0 atom stereocenters. The Labute approximate surface area is 98.2 Å². The van der Waals surface area contributed by atoms with Crippen molar-refractivity contribution >= 4 is 5.97 Å². The summed E-state index contributed by atoms with van der Waals surface area (Å²) in [5, 5.41) is 9.03. The summed E-state index contributed by atoms with van der Waals surface area (Å²) in [6, 6.07) is 4.93. The Kier molecular flexibility index (Phi) is 1.86. The molecule has 3 saturated carbocycles. The first-order valence-corrected chi connectivity index (χ1v) is 5.59. The first-order chi connectivity index (χ1) is 8.01. The van der Waals surface area contributed by atoms with Crippen molar-refractivity contribution in [3.05, 3.63) is 29.6 Å². The lowest BCUT2D eigenvalue weighted by atomic mass is 9.33. The molecule has 1 N–H and O–H groups in total. The Morgan fingerprint density at radius 3 is 2.53 bits per heavy atom. The maximum atomic E-state index is 13.6. The molecule has 0 aromatic heterocycles. The van der Waals surface area contributed by atoms with Gasteiger partial charge in [0.2, 0.25) is 0 Å². The van der Waals surface area contributed by atoms with Crippen molar-refractivity contribution in [1.29, 1.82) is 0 Å². The topological polar surface area (TPSA) is 46.5 Å². The van der Waals surface area contributed by atoms with Gasteiger partial charge < -0.3 is 9.84 Å². The minimum absolute atomic E-state index is 0.0918. The van der Waals surface area contributed by atoms with Gasteiger partial charge in [-0.1, -0.05) is 6.07 Å². The minimum atomic E-state index is -0.714. The van der Waals surface area contributed by atoms with Crippen LogP contribution in [-0.4, -0.2) is 18.2 Å². The standard InChI is InChI=1S/C13H13FO3/c1-17-10-3-2-8(4-9(10)14)12-5-13(6-12,7-12)11(15)16/h2-4H,5-7H2,1H3,(H,15,16). The molecule has 0 heterocycles. The van der Waals surface area contributed by atoms with Crippen LogP contribution in [0.4, 0.5) is 4.39 Å². The first kappa shape index (κ1) is 10.6. The molecule has 0 aliphatic heterocycles. The highest BCUT2D eigenvalue weighted by atomic mass is 19.1. The number of hydrogen-bond acceptors (Lipinski definition) is 2. The van der Waals surface area contributed by atoms with Gasteiger partial charge in [0.1, 0.15) is 0 Å². The van der Waals surface area contributed by atoms with Crippen molar-refractivity contribution in [2.24, 2.45) is 5.41 Å². The number of carboxylic acids is 1. The van der Waals surface area contributed by atoms with Crippen molar-refractivity contribution in [3.8, 4) is 5.75 Å².